The third-order valence-corrected chi connectivity index (χ3v) is 2.85. The first-order chi connectivity index (χ1) is 10.5. The summed E-state index contributed by atoms with van der Waals surface area (Å²) >= 11 is 0. The zero-order chi connectivity index (χ0) is 16.4. The fraction of sp³-hybridized carbons (Fsp3) is 0.467. The van der Waals surface area contributed by atoms with E-state index in [-0.39, 0.29) is 31.0 Å². The van der Waals surface area contributed by atoms with Crippen molar-refractivity contribution in [1.29, 1.82) is 0 Å². The van der Waals surface area contributed by atoms with Crippen molar-refractivity contribution in [2.45, 2.75) is 19.4 Å². The van der Waals surface area contributed by atoms with E-state index < -0.39 is 11.8 Å². The van der Waals surface area contributed by atoms with Crippen molar-refractivity contribution in [2.24, 2.45) is 0 Å². The summed E-state index contributed by atoms with van der Waals surface area (Å²) in [4.78, 5) is 22.3. The molecule has 0 unspecified atom stereocenters. The Kier molecular flexibility index (Phi) is 8.09. The fourth-order valence-electron chi connectivity index (χ4n) is 1.69. The van der Waals surface area contributed by atoms with Crippen LogP contribution in [0.1, 0.15) is 28.8 Å². The molecular weight excluding hydrogens is 293 g/mol. The average Bonchev–Trinajstić information content (AvgIpc) is 2.49. The number of carbonyl (C=O) groups is 2. The van der Waals surface area contributed by atoms with E-state index in [2.05, 4.69) is 5.32 Å². The zero-order valence-electron chi connectivity index (χ0n) is 12.4. The number of carbonyl (C=O) groups excluding carboxylic acids is 1. The van der Waals surface area contributed by atoms with E-state index in [1.165, 1.54) is 18.2 Å². The van der Waals surface area contributed by atoms with E-state index in [9.17, 15) is 14.0 Å². The van der Waals surface area contributed by atoms with Gasteiger partial charge >= 0.3 is 5.97 Å². The van der Waals surface area contributed by atoms with Crippen LogP contribution in [-0.4, -0.2) is 43.9 Å². The van der Waals surface area contributed by atoms with Crippen LogP contribution >= 0.6 is 0 Å². The van der Waals surface area contributed by atoms with E-state index in [1.54, 1.807) is 7.11 Å². The van der Waals surface area contributed by atoms with Crippen LogP contribution in [0, 0.1) is 5.82 Å². The summed E-state index contributed by atoms with van der Waals surface area (Å²) in [5, 5.41) is 11.1. The second-order valence-corrected chi connectivity index (χ2v) is 4.60. The lowest BCUT2D eigenvalue weighted by molar-refractivity contribution is -0.137. The minimum atomic E-state index is -0.911. The van der Waals surface area contributed by atoms with Gasteiger partial charge < -0.3 is 19.9 Å². The maximum Gasteiger partial charge on any atom is 0.303 e. The lowest BCUT2D eigenvalue weighted by Gasteiger charge is -2.08. The molecule has 0 saturated carbocycles. The molecule has 0 spiro atoms. The molecule has 1 aromatic carbocycles. The van der Waals surface area contributed by atoms with E-state index >= 15 is 0 Å². The predicted octanol–water partition coefficient (Wildman–Crippen LogP) is 1.58. The van der Waals surface area contributed by atoms with Crippen molar-refractivity contribution in [1.82, 2.24) is 5.32 Å². The summed E-state index contributed by atoms with van der Waals surface area (Å²) in [6, 6.07) is 4.01. The van der Waals surface area contributed by atoms with Crippen LogP contribution in [0.25, 0.3) is 0 Å². The molecule has 1 amide bonds. The Morgan fingerprint density at radius 1 is 1.32 bits per heavy atom. The molecule has 2 N–H and O–H groups in total. The third-order valence-electron chi connectivity index (χ3n) is 2.85. The van der Waals surface area contributed by atoms with Crippen LogP contribution in [0.3, 0.4) is 0 Å². The van der Waals surface area contributed by atoms with E-state index in [0.717, 1.165) is 0 Å². The first kappa shape index (κ1) is 18.1. The van der Waals surface area contributed by atoms with E-state index in [4.69, 9.17) is 14.6 Å². The van der Waals surface area contributed by atoms with Gasteiger partial charge in [-0.15, -0.1) is 0 Å². The normalized spacial score (nSPS) is 10.5. The quantitative estimate of drug-likeness (QED) is 0.641. The van der Waals surface area contributed by atoms with Crippen molar-refractivity contribution >= 4 is 11.9 Å². The second kappa shape index (κ2) is 9.86. The van der Waals surface area contributed by atoms with Gasteiger partial charge in [-0.25, -0.2) is 4.39 Å². The van der Waals surface area contributed by atoms with E-state index in [0.29, 0.717) is 25.2 Å². The van der Waals surface area contributed by atoms with Gasteiger partial charge in [-0.3, -0.25) is 9.59 Å². The number of nitrogens with one attached hydrogen (secondary N) is 1. The molecule has 1 rings (SSSR count). The van der Waals surface area contributed by atoms with Crippen LogP contribution in [-0.2, 0) is 20.9 Å². The number of hydrogen-bond acceptors (Lipinski definition) is 4. The minimum Gasteiger partial charge on any atom is -0.481 e. The highest BCUT2D eigenvalue weighted by atomic mass is 19.1. The lowest BCUT2D eigenvalue weighted by atomic mass is 10.1. The maximum atomic E-state index is 13.6. The monoisotopic (exact) mass is 313 g/mol. The van der Waals surface area contributed by atoms with Gasteiger partial charge in [0.1, 0.15) is 5.82 Å². The van der Waals surface area contributed by atoms with Gasteiger partial charge in [0.15, 0.2) is 0 Å². The lowest BCUT2D eigenvalue weighted by Crippen LogP contribution is -2.25. The second-order valence-electron chi connectivity index (χ2n) is 4.60. The van der Waals surface area contributed by atoms with Crippen LogP contribution in [0.15, 0.2) is 18.2 Å². The average molecular weight is 313 g/mol. The minimum absolute atomic E-state index is 0.0116. The highest BCUT2D eigenvalue weighted by molar-refractivity contribution is 5.94. The molecule has 0 radical (unpaired) electrons. The van der Waals surface area contributed by atoms with Gasteiger partial charge in [0, 0.05) is 31.2 Å². The molecule has 0 saturated heterocycles. The Bertz CT molecular complexity index is 507. The molecule has 6 nitrogen and oxygen atoms in total. The molecule has 0 aliphatic rings. The molecule has 0 aliphatic carbocycles. The summed E-state index contributed by atoms with van der Waals surface area (Å²) < 4.78 is 23.7. The molecule has 0 fully saturated rings. The van der Waals surface area contributed by atoms with Gasteiger partial charge in [0.05, 0.1) is 19.8 Å². The van der Waals surface area contributed by atoms with Crippen molar-refractivity contribution in [3.63, 3.8) is 0 Å². The molecular formula is C15H20FNO5. The highest BCUT2D eigenvalue weighted by Gasteiger charge is 2.10. The number of ether oxygens (including phenoxy) is 2. The topological polar surface area (TPSA) is 84.9 Å². The standard InChI is InChI=1S/C15H20FNO5/c1-21-7-8-22-10-12-9-11(4-5-13(12)16)15(20)17-6-2-3-14(18)19/h4-5,9H,2-3,6-8,10H2,1H3,(H,17,20)(H,18,19). The largest absolute Gasteiger partial charge is 0.481 e. The van der Waals surface area contributed by atoms with Gasteiger partial charge in [-0.1, -0.05) is 0 Å². The SMILES string of the molecule is COCCOCc1cc(C(=O)NCCCC(=O)O)ccc1F. The number of methoxy groups -OCH3 is 1. The summed E-state index contributed by atoms with van der Waals surface area (Å²) in [5.74, 6) is -1.73. The Morgan fingerprint density at radius 2 is 2.09 bits per heavy atom. The van der Waals surface area contributed by atoms with Crippen molar-refractivity contribution in [3.8, 4) is 0 Å². The molecule has 1 aromatic rings. The smallest absolute Gasteiger partial charge is 0.303 e. The van der Waals surface area contributed by atoms with Gasteiger partial charge in [0.25, 0.3) is 5.91 Å². The number of benzene rings is 1. The van der Waals surface area contributed by atoms with Gasteiger partial charge in [-0.2, -0.15) is 0 Å². The van der Waals surface area contributed by atoms with E-state index in [1.807, 2.05) is 0 Å². The number of rotatable bonds is 10. The number of hydrogen-bond donors (Lipinski definition) is 2. The molecule has 22 heavy (non-hydrogen) atoms. The number of carboxylic acid groups (broad SMARTS) is 1. The van der Waals surface area contributed by atoms with Crippen LogP contribution < -0.4 is 5.32 Å². The molecule has 122 valence electrons. The van der Waals surface area contributed by atoms with Crippen molar-refractivity contribution in [3.05, 3.63) is 35.1 Å². The Balaban J connectivity index is 2.52. The third kappa shape index (κ3) is 6.64. The van der Waals surface area contributed by atoms with Crippen LogP contribution in [0.2, 0.25) is 0 Å². The zero-order valence-corrected chi connectivity index (χ0v) is 12.4. The summed E-state index contributed by atoms with van der Waals surface area (Å²) in [6.07, 6.45) is 0.331. The van der Waals surface area contributed by atoms with Crippen LogP contribution in [0.4, 0.5) is 4.39 Å². The molecule has 0 heterocycles. The summed E-state index contributed by atoms with van der Waals surface area (Å²) in [7, 11) is 1.54. The first-order valence-electron chi connectivity index (χ1n) is 6.89. The summed E-state index contributed by atoms with van der Waals surface area (Å²) in [5.41, 5.74) is 0.594. The number of halogens is 1. The maximum absolute atomic E-state index is 13.6. The molecule has 7 heteroatoms. The molecule has 0 aliphatic heterocycles. The molecule has 0 bridgehead atoms. The predicted molar refractivity (Wildman–Crippen MR) is 77.1 cm³/mol. The number of carboxylic acids is 1. The molecule has 0 atom stereocenters. The van der Waals surface area contributed by atoms with Crippen molar-refractivity contribution < 1.29 is 28.6 Å². The highest BCUT2D eigenvalue weighted by Crippen LogP contribution is 2.12. The molecule has 0 aromatic heterocycles. The summed E-state index contributed by atoms with van der Waals surface area (Å²) in [6.45, 7) is 1.05. The number of amides is 1. The Labute approximate surface area is 128 Å². The first-order valence-corrected chi connectivity index (χ1v) is 6.89. The Morgan fingerprint density at radius 3 is 2.77 bits per heavy atom. The fourth-order valence-corrected chi connectivity index (χ4v) is 1.69. The Hall–Kier alpha value is -1.99. The number of aliphatic carboxylic acids is 1. The van der Waals surface area contributed by atoms with Crippen LogP contribution in [0.5, 0.6) is 0 Å². The van der Waals surface area contributed by atoms with Gasteiger partial charge in [0.2, 0.25) is 0 Å². The van der Waals surface area contributed by atoms with Crippen molar-refractivity contribution in [2.75, 3.05) is 26.9 Å². The van der Waals surface area contributed by atoms with Gasteiger partial charge in [-0.05, 0) is 24.6 Å².